The minimum absolute atomic E-state index is 0.0513. The highest BCUT2D eigenvalue weighted by atomic mass is 16.4. The molecule has 43 heavy (non-hydrogen) atoms. The van der Waals surface area contributed by atoms with Crippen LogP contribution < -0.4 is 0 Å². The molecule has 2 atom stereocenters. The van der Waals surface area contributed by atoms with Crippen molar-refractivity contribution in [2.24, 2.45) is 5.41 Å². The van der Waals surface area contributed by atoms with Crippen molar-refractivity contribution in [3.05, 3.63) is 36.5 Å². The first-order valence-corrected chi connectivity index (χ1v) is 17.4. The van der Waals surface area contributed by atoms with Crippen LogP contribution in [-0.2, 0) is 14.4 Å². The maximum absolute atomic E-state index is 13.8. The van der Waals surface area contributed by atoms with Crippen molar-refractivity contribution in [2.45, 2.75) is 168 Å². The molecule has 0 fully saturated rings. The van der Waals surface area contributed by atoms with Gasteiger partial charge in [0.2, 0.25) is 0 Å². The van der Waals surface area contributed by atoms with Crippen LogP contribution in [0.4, 0.5) is 0 Å². The van der Waals surface area contributed by atoms with Crippen molar-refractivity contribution in [3.63, 3.8) is 0 Å². The molecule has 6 heteroatoms. The van der Waals surface area contributed by atoms with Crippen LogP contribution in [-0.4, -0.2) is 51.5 Å². The van der Waals surface area contributed by atoms with Crippen LogP contribution in [0.25, 0.3) is 0 Å². The van der Waals surface area contributed by atoms with Gasteiger partial charge in [0, 0.05) is 12.8 Å². The zero-order chi connectivity index (χ0) is 32.2. The fourth-order valence-corrected chi connectivity index (χ4v) is 5.40. The zero-order valence-corrected chi connectivity index (χ0v) is 27.7. The summed E-state index contributed by atoms with van der Waals surface area (Å²) < 4.78 is 0. The van der Waals surface area contributed by atoms with Gasteiger partial charge in [0.05, 0.1) is 6.61 Å². The van der Waals surface area contributed by atoms with E-state index >= 15 is 0 Å². The maximum Gasteiger partial charge on any atom is 0.184 e. The molecule has 0 bridgehead atoms. The summed E-state index contributed by atoms with van der Waals surface area (Å²) in [6, 6.07) is 0. The molecule has 0 aliphatic heterocycles. The van der Waals surface area contributed by atoms with E-state index in [-0.39, 0.29) is 19.3 Å². The van der Waals surface area contributed by atoms with Gasteiger partial charge in [-0.05, 0) is 51.4 Å². The lowest BCUT2D eigenvalue weighted by Crippen LogP contribution is -2.54. The average Bonchev–Trinajstić information content (AvgIpc) is 3.01. The smallest absolute Gasteiger partial charge is 0.184 e. The Balaban J connectivity index is 5.42. The van der Waals surface area contributed by atoms with E-state index in [1.807, 2.05) is 0 Å². The summed E-state index contributed by atoms with van der Waals surface area (Å²) in [5.74, 6) is -1.80. The van der Waals surface area contributed by atoms with E-state index in [1.165, 1.54) is 0 Å². The number of allylic oxidation sites excluding steroid dienone is 6. The highest BCUT2D eigenvalue weighted by Gasteiger charge is 2.53. The number of Topliss-reactive ketones (excluding diaryl/α,β-unsaturated/α-hetero) is 3. The number of carbonyl (C=O) groups is 3. The van der Waals surface area contributed by atoms with Gasteiger partial charge in [-0.15, -0.1) is 0 Å². The van der Waals surface area contributed by atoms with Crippen LogP contribution in [0.15, 0.2) is 36.5 Å². The molecule has 0 amide bonds. The number of unbranched alkanes of at least 4 members (excludes halogenated alkanes) is 12. The normalized spacial score (nSPS) is 13.8. The van der Waals surface area contributed by atoms with E-state index in [0.29, 0.717) is 19.3 Å². The van der Waals surface area contributed by atoms with Crippen molar-refractivity contribution in [3.8, 4) is 0 Å². The summed E-state index contributed by atoms with van der Waals surface area (Å²) in [6.07, 6.45) is 25.7. The average molecular weight is 605 g/mol. The van der Waals surface area contributed by atoms with E-state index in [9.17, 15) is 29.7 Å². The Bertz CT molecular complexity index is 786. The molecule has 0 saturated heterocycles. The summed E-state index contributed by atoms with van der Waals surface area (Å²) in [4.78, 5) is 41.3. The summed E-state index contributed by atoms with van der Waals surface area (Å²) in [6.45, 7) is 5.53. The van der Waals surface area contributed by atoms with Gasteiger partial charge >= 0.3 is 0 Å². The lowest BCUT2D eigenvalue weighted by Gasteiger charge is -2.33. The molecule has 248 valence electrons. The van der Waals surface area contributed by atoms with Crippen LogP contribution in [0, 0.1) is 5.41 Å². The zero-order valence-electron chi connectivity index (χ0n) is 27.7. The molecular formula is C37H64O6. The number of hydrogen-bond acceptors (Lipinski definition) is 6. The highest BCUT2D eigenvalue weighted by molar-refractivity contribution is 6.25. The van der Waals surface area contributed by atoms with Gasteiger partial charge in [0.15, 0.2) is 17.3 Å². The third-order valence-electron chi connectivity index (χ3n) is 8.16. The second-order valence-electron chi connectivity index (χ2n) is 11.9. The molecule has 0 aliphatic carbocycles. The lowest BCUT2D eigenvalue weighted by molar-refractivity contribution is -0.158. The van der Waals surface area contributed by atoms with Crippen molar-refractivity contribution in [1.82, 2.24) is 0 Å². The SMILES string of the molecule is CC/C=C\C/C=C\C/C=C\CCCCCCC(C(=O)CCCCCCC)(C(=O)CCCCCCC)C(=O)C(O)C(O)CO. The Morgan fingerprint density at radius 1 is 0.605 bits per heavy atom. The largest absolute Gasteiger partial charge is 0.394 e. The predicted molar refractivity (Wildman–Crippen MR) is 178 cm³/mol. The fourth-order valence-electron chi connectivity index (χ4n) is 5.40. The van der Waals surface area contributed by atoms with E-state index < -0.39 is 41.6 Å². The molecule has 0 aliphatic rings. The molecule has 0 radical (unpaired) electrons. The minimum Gasteiger partial charge on any atom is -0.394 e. The molecule has 0 aromatic heterocycles. The third kappa shape index (κ3) is 17.9. The molecule has 0 rings (SSSR count). The van der Waals surface area contributed by atoms with Gasteiger partial charge in [-0.3, -0.25) is 14.4 Å². The Morgan fingerprint density at radius 2 is 1.07 bits per heavy atom. The fraction of sp³-hybridized carbons (Fsp3) is 0.757. The summed E-state index contributed by atoms with van der Waals surface area (Å²) in [5.41, 5.74) is -1.95. The molecule has 3 N–H and O–H groups in total. The summed E-state index contributed by atoms with van der Waals surface area (Å²) in [7, 11) is 0. The van der Waals surface area contributed by atoms with Gasteiger partial charge < -0.3 is 15.3 Å². The molecule has 0 heterocycles. The standard InChI is InChI=1S/C37H64O6/c1-4-7-10-13-14-15-16-17-18-19-20-21-24-27-30-37(36(43)35(42)32(39)31-38,33(40)28-25-22-11-8-5-2)34(41)29-26-23-12-9-6-3/h7,10,14-15,17-18,32,35,38-39,42H,4-6,8-9,11-13,16,19-31H2,1-3H3/b10-7-,15-14-,18-17-. The maximum atomic E-state index is 13.8. The first-order valence-electron chi connectivity index (χ1n) is 17.4. The Kier molecular flexibility index (Phi) is 26.4. The second-order valence-corrected chi connectivity index (χ2v) is 11.9. The van der Waals surface area contributed by atoms with Crippen LogP contribution in [0.2, 0.25) is 0 Å². The summed E-state index contributed by atoms with van der Waals surface area (Å²) in [5, 5.41) is 30.2. The Hall–Kier alpha value is -1.89. The first-order chi connectivity index (χ1) is 20.8. The van der Waals surface area contributed by atoms with Crippen molar-refractivity contribution in [2.75, 3.05) is 6.61 Å². The second kappa shape index (κ2) is 27.6. The van der Waals surface area contributed by atoms with Gasteiger partial charge in [0.25, 0.3) is 0 Å². The Morgan fingerprint density at radius 3 is 1.58 bits per heavy atom. The number of aliphatic hydroxyl groups is 3. The van der Waals surface area contributed by atoms with Crippen molar-refractivity contribution < 1.29 is 29.7 Å². The minimum atomic E-state index is -1.97. The number of aliphatic hydroxyl groups excluding tert-OH is 3. The van der Waals surface area contributed by atoms with Crippen molar-refractivity contribution >= 4 is 17.3 Å². The van der Waals surface area contributed by atoms with Gasteiger partial charge in [-0.25, -0.2) is 0 Å². The van der Waals surface area contributed by atoms with E-state index in [2.05, 4.69) is 57.2 Å². The van der Waals surface area contributed by atoms with Gasteiger partial charge in [-0.1, -0.05) is 128 Å². The molecule has 2 unspecified atom stereocenters. The molecular weight excluding hydrogens is 540 g/mol. The monoisotopic (exact) mass is 604 g/mol. The topological polar surface area (TPSA) is 112 Å². The number of ketones is 3. The molecule has 0 aromatic carbocycles. The van der Waals surface area contributed by atoms with Crippen LogP contribution in [0.3, 0.4) is 0 Å². The predicted octanol–water partition coefficient (Wildman–Crippen LogP) is 8.31. The number of rotatable bonds is 30. The molecule has 0 saturated carbocycles. The summed E-state index contributed by atoms with van der Waals surface area (Å²) >= 11 is 0. The van der Waals surface area contributed by atoms with Gasteiger partial charge in [-0.2, -0.15) is 0 Å². The highest BCUT2D eigenvalue weighted by Crippen LogP contribution is 2.35. The van der Waals surface area contributed by atoms with Crippen LogP contribution in [0.1, 0.15) is 156 Å². The third-order valence-corrected chi connectivity index (χ3v) is 8.16. The molecule has 0 aromatic rings. The quantitative estimate of drug-likeness (QED) is 0.0432. The van der Waals surface area contributed by atoms with E-state index in [1.54, 1.807) is 0 Å². The Labute approximate surface area is 263 Å². The van der Waals surface area contributed by atoms with E-state index in [0.717, 1.165) is 96.3 Å². The van der Waals surface area contributed by atoms with Gasteiger partial charge in [0.1, 0.15) is 17.6 Å². The molecule has 0 spiro atoms. The van der Waals surface area contributed by atoms with Crippen LogP contribution >= 0.6 is 0 Å². The van der Waals surface area contributed by atoms with Crippen molar-refractivity contribution in [1.29, 1.82) is 0 Å². The number of hydrogen-bond donors (Lipinski definition) is 3. The van der Waals surface area contributed by atoms with E-state index in [4.69, 9.17) is 0 Å². The van der Waals surface area contributed by atoms with Crippen LogP contribution in [0.5, 0.6) is 0 Å². The number of carbonyl (C=O) groups excluding carboxylic acids is 3. The lowest BCUT2D eigenvalue weighted by atomic mass is 9.67. The molecule has 6 nitrogen and oxygen atoms in total. The first kappa shape index (κ1) is 41.1.